The monoisotopic (exact) mass is 648 g/mol. The third-order valence-corrected chi connectivity index (χ3v) is 9.15. The summed E-state index contributed by atoms with van der Waals surface area (Å²) in [6.45, 7) is 1.15. The van der Waals surface area contributed by atoms with Gasteiger partial charge in [-0.25, -0.2) is 9.97 Å². The molecule has 12 heteroatoms. The number of nitrogens with two attached hydrogens (primary N) is 1. The molecule has 48 heavy (non-hydrogen) atoms. The number of carbonyl (C=O) groups excluding carboxylic acids is 3. The molecule has 1 atom stereocenters. The van der Waals surface area contributed by atoms with Gasteiger partial charge in [-0.05, 0) is 60.6 Å². The molecule has 2 aromatic heterocycles. The Bertz CT molecular complexity index is 1830. The van der Waals surface area contributed by atoms with Crippen molar-refractivity contribution in [3.05, 3.63) is 77.2 Å². The van der Waals surface area contributed by atoms with Crippen molar-refractivity contribution in [2.45, 2.75) is 63.6 Å². The second kappa shape index (κ2) is 14.6. The molecule has 1 aliphatic heterocycles. The Labute approximate surface area is 279 Å². The predicted octanol–water partition coefficient (Wildman–Crippen LogP) is 4.55. The molecule has 0 bridgehead atoms. The number of hydrogen-bond donors (Lipinski definition) is 3. The smallest absolute Gasteiger partial charge is 0.271 e. The Morgan fingerprint density at radius 1 is 1.00 bits per heavy atom. The minimum atomic E-state index is -0.623. The molecule has 0 spiro atoms. The number of rotatable bonds is 11. The van der Waals surface area contributed by atoms with Crippen LogP contribution in [0.3, 0.4) is 0 Å². The summed E-state index contributed by atoms with van der Waals surface area (Å²) in [5.74, 6) is -0.626. The molecule has 2 fully saturated rings. The minimum absolute atomic E-state index is 0.0161. The van der Waals surface area contributed by atoms with Crippen molar-refractivity contribution in [1.82, 2.24) is 24.8 Å². The molecule has 1 unspecified atom stereocenters. The minimum Gasteiger partial charge on any atom is -0.376 e. The third kappa shape index (κ3) is 7.16. The topological polar surface area (TPSA) is 168 Å². The van der Waals surface area contributed by atoms with Crippen LogP contribution in [0.15, 0.2) is 54.6 Å². The SMILES string of the molecule is CNc1nc(C#N)nc2c1cc(C(=O)N(CC(N)=O)Cc1ccc(-c3ccc(C(=O)NCC4CCCO4)cc3)cc1)n2C1CCCCC1. The standard InChI is InChI=1S/C36H40N8O4/c1-39-33-29-18-30(44(27-6-3-2-4-7-27)34(29)42-32(19-37)41-33)36(47)43(22-31(38)45)21-23-9-11-24(12-10-23)25-13-15-26(16-14-25)35(46)40-20-28-8-5-17-48-28/h9-16,18,27-28H,2-8,17,20-22H2,1H3,(H2,38,45)(H,40,46)(H,39,41,42). The highest BCUT2D eigenvalue weighted by molar-refractivity contribution is 6.02. The number of amides is 3. The van der Waals surface area contributed by atoms with Crippen molar-refractivity contribution < 1.29 is 19.1 Å². The number of anilines is 1. The zero-order valence-corrected chi connectivity index (χ0v) is 27.1. The van der Waals surface area contributed by atoms with Crippen LogP contribution in [-0.2, 0) is 16.1 Å². The van der Waals surface area contributed by atoms with Crippen LogP contribution < -0.4 is 16.4 Å². The van der Waals surface area contributed by atoms with Crippen molar-refractivity contribution in [3.63, 3.8) is 0 Å². The summed E-state index contributed by atoms with van der Waals surface area (Å²) in [5.41, 5.74) is 9.84. The van der Waals surface area contributed by atoms with Gasteiger partial charge >= 0.3 is 0 Å². The highest BCUT2D eigenvalue weighted by Crippen LogP contribution is 2.35. The maximum Gasteiger partial charge on any atom is 0.271 e. The number of carbonyl (C=O) groups is 3. The predicted molar refractivity (Wildman–Crippen MR) is 181 cm³/mol. The highest BCUT2D eigenvalue weighted by atomic mass is 16.5. The summed E-state index contributed by atoms with van der Waals surface area (Å²) in [4.78, 5) is 49.4. The molecule has 2 aromatic carbocycles. The van der Waals surface area contributed by atoms with Gasteiger partial charge < -0.3 is 30.6 Å². The molecule has 1 saturated heterocycles. The van der Waals surface area contributed by atoms with Gasteiger partial charge in [0.25, 0.3) is 11.8 Å². The normalized spacial score (nSPS) is 16.4. The fraction of sp³-hybridized carbons (Fsp3) is 0.389. The molecular formula is C36H40N8O4. The van der Waals surface area contributed by atoms with Crippen molar-refractivity contribution in [3.8, 4) is 17.2 Å². The van der Waals surface area contributed by atoms with Crippen LogP contribution >= 0.6 is 0 Å². The van der Waals surface area contributed by atoms with Crippen LogP contribution in [-0.4, -0.2) is 70.0 Å². The Morgan fingerprint density at radius 3 is 2.33 bits per heavy atom. The van der Waals surface area contributed by atoms with Crippen molar-refractivity contribution in [1.29, 1.82) is 5.26 Å². The highest BCUT2D eigenvalue weighted by Gasteiger charge is 2.29. The fourth-order valence-electron chi connectivity index (χ4n) is 6.71. The number of nitriles is 1. The van der Waals surface area contributed by atoms with Gasteiger partial charge in [0, 0.05) is 38.3 Å². The Kier molecular flexibility index (Phi) is 9.96. The summed E-state index contributed by atoms with van der Waals surface area (Å²) < 4.78 is 7.52. The van der Waals surface area contributed by atoms with E-state index in [0.717, 1.165) is 68.2 Å². The molecule has 1 saturated carbocycles. The van der Waals surface area contributed by atoms with Crippen molar-refractivity contribution in [2.24, 2.45) is 5.73 Å². The number of primary amides is 1. The van der Waals surface area contributed by atoms with Crippen LogP contribution in [0.2, 0.25) is 0 Å². The van der Waals surface area contributed by atoms with Gasteiger partial charge in [-0.1, -0.05) is 55.7 Å². The van der Waals surface area contributed by atoms with Gasteiger partial charge in [0.1, 0.15) is 29.8 Å². The van der Waals surface area contributed by atoms with Gasteiger partial charge in [-0.15, -0.1) is 0 Å². The van der Waals surface area contributed by atoms with E-state index in [1.807, 2.05) is 47.0 Å². The lowest BCUT2D eigenvalue weighted by atomic mass is 9.95. The number of ether oxygens (including phenoxy) is 1. The maximum atomic E-state index is 14.3. The number of nitrogens with one attached hydrogen (secondary N) is 2. The molecule has 4 N–H and O–H groups in total. The van der Waals surface area contributed by atoms with Crippen molar-refractivity contribution >= 4 is 34.6 Å². The maximum absolute atomic E-state index is 14.3. The lowest BCUT2D eigenvalue weighted by molar-refractivity contribution is -0.118. The zero-order chi connectivity index (χ0) is 33.6. The van der Waals surface area contributed by atoms with E-state index in [9.17, 15) is 19.6 Å². The van der Waals surface area contributed by atoms with Gasteiger partial charge in [-0.2, -0.15) is 5.26 Å². The first kappa shape index (κ1) is 32.7. The van der Waals surface area contributed by atoms with Gasteiger partial charge in [0.05, 0.1) is 11.5 Å². The number of nitrogens with zero attached hydrogens (tertiary/aromatic N) is 5. The summed E-state index contributed by atoms with van der Waals surface area (Å²) in [6.07, 6.45) is 7.00. The van der Waals surface area contributed by atoms with E-state index in [1.165, 1.54) is 4.90 Å². The van der Waals surface area contributed by atoms with Crippen molar-refractivity contribution in [2.75, 3.05) is 32.1 Å². The average molecular weight is 649 g/mol. The molecule has 12 nitrogen and oxygen atoms in total. The molecule has 3 heterocycles. The Morgan fingerprint density at radius 2 is 1.71 bits per heavy atom. The number of benzene rings is 2. The Hall–Kier alpha value is -5.28. The van der Waals surface area contributed by atoms with E-state index in [0.29, 0.717) is 34.7 Å². The van der Waals surface area contributed by atoms with E-state index in [4.69, 9.17) is 10.5 Å². The Balaban J connectivity index is 1.23. The molecule has 1 aliphatic carbocycles. The zero-order valence-electron chi connectivity index (χ0n) is 27.1. The van der Waals surface area contributed by atoms with Crippen LogP contribution in [0.4, 0.5) is 5.82 Å². The summed E-state index contributed by atoms with van der Waals surface area (Å²) in [7, 11) is 1.71. The molecule has 6 rings (SSSR count). The van der Waals surface area contributed by atoms with E-state index >= 15 is 0 Å². The summed E-state index contributed by atoms with van der Waals surface area (Å²) in [5, 5.41) is 16.2. The third-order valence-electron chi connectivity index (χ3n) is 9.15. The van der Waals surface area contributed by atoms with Gasteiger partial charge in [0.2, 0.25) is 11.7 Å². The number of hydrogen-bond acceptors (Lipinski definition) is 8. The van der Waals surface area contributed by atoms with E-state index in [2.05, 4.69) is 20.6 Å². The summed E-state index contributed by atoms with van der Waals surface area (Å²) in [6, 6.07) is 19.0. The quantitative estimate of drug-likeness (QED) is 0.213. The first-order valence-corrected chi connectivity index (χ1v) is 16.5. The number of fused-ring (bicyclic) bond motifs is 1. The van der Waals surface area contributed by atoms with Crippen LogP contribution in [0.5, 0.6) is 0 Å². The lowest BCUT2D eigenvalue weighted by Gasteiger charge is -2.28. The largest absolute Gasteiger partial charge is 0.376 e. The lowest BCUT2D eigenvalue weighted by Crippen LogP contribution is -2.39. The summed E-state index contributed by atoms with van der Waals surface area (Å²) >= 11 is 0. The van der Waals surface area contributed by atoms with E-state index in [-0.39, 0.29) is 42.9 Å². The molecule has 2 aliphatic rings. The molecule has 248 valence electrons. The first-order chi connectivity index (χ1) is 23.3. The van der Waals surface area contributed by atoms with Gasteiger partial charge in [0.15, 0.2) is 0 Å². The fourth-order valence-corrected chi connectivity index (χ4v) is 6.71. The van der Waals surface area contributed by atoms with E-state index in [1.54, 1.807) is 25.2 Å². The molecule has 0 radical (unpaired) electrons. The second-order valence-electron chi connectivity index (χ2n) is 12.4. The van der Waals surface area contributed by atoms with Gasteiger partial charge in [-0.3, -0.25) is 14.4 Å². The van der Waals surface area contributed by atoms with Crippen LogP contribution in [0.1, 0.15) is 83.2 Å². The van der Waals surface area contributed by atoms with Crippen LogP contribution in [0.25, 0.3) is 22.2 Å². The first-order valence-electron chi connectivity index (χ1n) is 16.5. The van der Waals surface area contributed by atoms with Crippen LogP contribution in [0, 0.1) is 11.3 Å². The molecule has 3 amide bonds. The molecule has 4 aromatic rings. The van der Waals surface area contributed by atoms with E-state index < -0.39 is 5.91 Å². The second-order valence-corrected chi connectivity index (χ2v) is 12.4. The number of aromatic nitrogens is 3. The average Bonchev–Trinajstić information content (AvgIpc) is 3.78. The molecular weight excluding hydrogens is 608 g/mol.